The number of ketones is 1. The Bertz CT molecular complexity index is 1330. The van der Waals surface area contributed by atoms with Gasteiger partial charge in [-0.3, -0.25) is 4.79 Å². The number of carbonyl (C=O) groups is 2. The fraction of sp³-hybridized carbons (Fsp3) is 0.200. The summed E-state index contributed by atoms with van der Waals surface area (Å²) in [5.74, 6) is -1.39. The van der Waals surface area contributed by atoms with Gasteiger partial charge in [-0.2, -0.15) is 4.31 Å². The van der Waals surface area contributed by atoms with E-state index >= 15 is 0 Å². The highest BCUT2D eigenvalue weighted by atomic mass is 35.5. The van der Waals surface area contributed by atoms with Crippen LogP contribution in [-0.2, 0) is 19.5 Å². The molecule has 0 radical (unpaired) electrons. The summed E-state index contributed by atoms with van der Waals surface area (Å²) in [7, 11) is -4.02. The highest BCUT2D eigenvalue weighted by Gasteiger charge is 2.32. The van der Waals surface area contributed by atoms with Gasteiger partial charge in [-0.15, -0.1) is 0 Å². The van der Waals surface area contributed by atoms with Crippen molar-refractivity contribution >= 4 is 45.0 Å². The van der Waals surface area contributed by atoms with Crippen LogP contribution in [-0.4, -0.2) is 50.8 Å². The number of rotatable bonds is 7. The highest BCUT2D eigenvalue weighted by Crippen LogP contribution is 2.33. The van der Waals surface area contributed by atoms with E-state index in [0.29, 0.717) is 11.1 Å². The minimum Gasteiger partial charge on any atom is -0.445 e. The van der Waals surface area contributed by atoms with Crippen LogP contribution >= 0.6 is 23.2 Å². The summed E-state index contributed by atoms with van der Waals surface area (Å²) in [5, 5.41) is -0.224. The molecule has 10 heteroatoms. The van der Waals surface area contributed by atoms with Gasteiger partial charge in [0.25, 0.3) is 0 Å². The lowest BCUT2D eigenvalue weighted by molar-refractivity contribution is 0.0280. The number of Topliss-reactive ketones (excluding diaryl/α,β-unsaturated/α-hetero) is 1. The van der Waals surface area contributed by atoms with Gasteiger partial charge in [0, 0.05) is 24.2 Å². The number of hydrogen-bond donors (Lipinski definition) is 0. The molecular formula is C25H21Cl2NO6S. The van der Waals surface area contributed by atoms with Crippen LogP contribution < -0.4 is 0 Å². The monoisotopic (exact) mass is 533 g/mol. The zero-order valence-corrected chi connectivity index (χ0v) is 20.7. The van der Waals surface area contributed by atoms with E-state index in [9.17, 15) is 18.0 Å². The van der Waals surface area contributed by atoms with Gasteiger partial charge in [0.05, 0.1) is 28.8 Å². The average Bonchev–Trinajstić information content (AvgIpc) is 2.88. The fourth-order valence-corrected chi connectivity index (χ4v) is 5.87. The molecule has 1 aliphatic heterocycles. The molecule has 4 rings (SSSR count). The number of nitrogens with zero attached hydrogens (tertiary/aromatic N) is 1. The Morgan fingerprint density at radius 3 is 2.11 bits per heavy atom. The van der Waals surface area contributed by atoms with Gasteiger partial charge in [0.15, 0.2) is 6.10 Å². The van der Waals surface area contributed by atoms with Crippen LogP contribution in [0.3, 0.4) is 0 Å². The summed E-state index contributed by atoms with van der Waals surface area (Å²) in [6, 6.07) is 19.2. The van der Waals surface area contributed by atoms with E-state index in [4.69, 9.17) is 32.7 Å². The summed E-state index contributed by atoms with van der Waals surface area (Å²) >= 11 is 12.5. The van der Waals surface area contributed by atoms with Crippen LogP contribution in [0, 0.1) is 0 Å². The van der Waals surface area contributed by atoms with Gasteiger partial charge in [-0.25, -0.2) is 13.2 Å². The van der Waals surface area contributed by atoms with E-state index in [2.05, 4.69) is 0 Å². The molecule has 35 heavy (non-hydrogen) atoms. The van der Waals surface area contributed by atoms with E-state index in [0.717, 1.165) is 6.07 Å². The quantitative estimate of drug-likeness (QED) is 0.320. The van der Waals surface area contributed by atoms with Crippen molar-refractivity contribution < 1.29 is 27.5 Å². The van der Waals surface area contributed by atoms with E-state index in [-0.39, 0.29) is 46.8 Å². The molecule has 182 valence electrons. The van der Waals surface area contributed by atoms with E-state index in [1.807, 2.05) is 0 Å². The van der Waals surface area contributed by atoms with Gasteiger partial charge in [0.2, 0.25) is 15.8 Å². The van der Waals surface area contributed by atoms with Gasteiger partial charge in [-0.05, 0) is 12.1 Å². The van der Waals surface area contributed by atoms with Crippen LogP contribution in [0.25, 0.3) is 0 Å². The first-order chi connectivity index (χ1) is 16.8. The van der Waals surface area contributed by atoms with Crippen LogP contribution in [0.5, 0.6) is 0 Å². The Morgan fingerprint density at radius 1 is 0.886 bits per heavy atom. The summed E-state index contributed by atoms with van der Waals surface area (Å²) in [6.07, 6.45) is -1.27. The maximum absolute atomic E-state index is 13.2. The molecule has 1 heterocycles. The normalized spacial score (nSPS) is 15.4. The molecule has 0 N–H and O–H groups in total. The summed E-state index contributed by atoms with van der Waals surface area (Å²) in [5.41, 5.74) is 0.595. The predicted molar refractivity (Wildman–Crippen MR) is 131 cm³/mol. The first-order valence-electron chi connectivity index (χ1n) is 10.7. The second-order valence-electron chi connectivity index (χ2n) is 7.71. The second-order valence-corrected chi connectivity index (χ2v) is 10.4. The molecule has 0 aliphatic carbocycles. The van der Waals surface area contributed by atoms with E-state index in [1.165, 1.54) is 10.4 Å². The van der Waals surface area contributed by atoms with Crippen molar-refractivity contribution in [2.24, 2.45) is 0 Å². The number of halogens is 2. The lowest BCUT2D eigenvalue weighted by atomic mass is 10.00. The Balaban J connectivity index is 1.69. The Kier molecular flexibility index (Phi) is 7.88. The number of esters is 1. The third kappa shape index (κ3) is 5.58. The minimum atomic E-state index is -4.02. The average molecular weight is 534 g/mol. The third-order valence-corrected chi connectivity index (χ3v) is 8.13. The lowest BCUT2D eigenvalue weighted by Gasteiger charge is -2.26. The molecule has 0 amide bonds. The first-order valence-corrected chi connectivity index (χ1v) is 12.9. The van der Waals surface area contributed by atoms with Gasteiger partial charge < -0.3 is 9.47 Å². The van der Waals surface area contributed by atoms with Crippen LogP contribution in [0.4, 0.5) is 0 Å². The zero-order chi connectivity index (χ0) is 25.0. The number of carbonyl (C=O) groups excluding carboxylic acids is 2. The molecular weight excluding hydrogens is 513 g/mol. The van der Waals surface area contributed by atoms with E-state index in [1.54, 1.807) is 60.7 Å². The molecule has 7 nitrogen and oxygen atoms in total. The van der Waals surface area contributed by atoms with Gasteiger partial charge in [0.1, 0.15) is 4.90 Å². The predicted octanol–water partition coefficient (Wildman–Crippen LogP) is 4.80. The molecule has 0 bridgehead atoms. The van der Waals surface area contributed by atoms with Gasteiger partial charge in [-0.1, -0.05) is 83.9 Å². The highest BCUT2D eigenvalue weighted by molar-refractivity contribution is 7.89. The first kappa shape index (κ1) is 25.3. The lowest BCUT2D eigenvalue weighted by Crippen LogP contribution is -2.40. The molecule has 1 aliphatic rings. The number of morpholine rings is 1. The Morgan fingerprint density at radius 2 is 1.49 bits per heavy atom. The number of benzene rings is 3. The number of hydrogen-bond acceptors (Lipinski definition) is 6. The number of ether oxygens (including phenoxy) is 2. The third-order valence-electron chi connectivity index (χ3n) is 5.45. The molecule has 1 saturated heterocycles. The van der Waals surface area contributed by atoms with Crippen molar-refractivity contribution in [3.63, 3.8) is 0 Å². The maximum Gasteiger partial charge on any atom is 0.340 e. The van der Waals surface area contributed by atoms with Crippen LogP contribution in [0.1, 0.15) is 32.4 Å². The fourth-order valence-electron chi connectivity index (χ4n) is 3.63. The molecule has 0 saturated carbocycles. The van der Waals surface area contributed by atoms with Crippen molar-refractivity contribution in [2.75, 3.05) is 26.3 Å². The summed E-state index contributed by atoms with van der Waals surface area (Å²) in [6.45, 7) is 0.810. The molecule has 0 spiro atoms. The maximum atomic E-state index is 13.2. The van der Waals surface area contributed by atoms with Crippen LogP contribution in [0.15, 0.2) is 77.7 Å². The van der Waals surface area contributed by atoms with Gasteiger partial charge >= 0.3 is 5.97 Å². The molecule has 1 fully saturated rings. The second kappa shape index (κ2) is 10.9. The van der Waals surface area contributed by atoms with Crippen molar-refractivity contribution in [3.8, 4) is 0 Å². The Labute approximate surface area is 213 Å². The SMILES string of the molecule is O=C(O[C@@H](C(=O)c1ccccc1)c1ccccc1)c1cc(S(=O)(=O)N2CCOCC2)c(Cl)cc1Cl. The minimum absolute atomic E-state index is 0.0973. The van der Waals surface area contributed by atoms with Crippen LogP contribution in [0.2, 0.25) is 10.0 Å². The summed E-state index contributed by atoms with van der Waals surface area (Å²) in [4.78, 5) is 26.2. The smallest absolute Gasteiger partial charge is 0.340 e. The van der Waals surface area contributed by atoms with Crippen molar-refractivity contribution in [2.45, 2.75) is 11.0 Å². The number of sulfonamides is 1. The van der Waals surface area contributed by atoms with Crippen molar-refractivity contribution in [3.05, 3.63) is 99.5 Å². The standard InChI is InChI=1S/C25H21Cl2NO6S/c26-20-16-21(27)22(35(31,32)28-11-13-33-14-12-28)15-19(20)25(30)34-24(18-9-5-2-6-10-18)23(29)17-7-3-1-4-8-17/h1-10,15-16,24H,11-14H2/t24-/m1/s1. The molecule has 3 aromatic carbocycles. The summed E-state index contributed by atoms with van der Waals surface area (Å²) < 4.78 is 38.4. The van der Waals surface area contributed by atoms with Crippen molar-refractivity contribution in [1.82, 2.24) is 4.31 Å². The topological polar surface area (TPSA) is 90.0 Å². The zero-order valence-electron chi connectivity index (χ0n) is 18.4. The van der Waals surface area contributed by atoms with Crippen molar-refractivity contribution in [1.29, 1.82) is 0 Å². The largest absolute Gasteiger partial charge is 0.445 e. The Hall–Kier alpha value is -2.75. The molecule has 1 atom stereocenters. The molecule has 3 aromatic rings. The van der Waals surface area contributed by atoms with E-state index < -0.39 is 27.9 Å². The molecule has 0 unspecified atom stereocenters. The molecule has 0 aromatic heterocycles.